The molecule has 0 atom stereocenters. The highest BCUT2D eigenvalue weighted by Crippen LogP contribution is 2.28. The van der Waals surface area contributed by atoms with E-state index >= 15 is 0 Å². The molecular weight excluding hydrogens is 300 g/mol. The number of rotatable bonds is 6. The predicted octanol–water partition coefficient (Wildman–Crippen LogP) is 4.56. The second-order valence-corrected chi connectivity index (χ2v) is 4.60. The molecule has 0 fully saturated rings. The Labute approximate surface area is 126 Å². The molecule has 2 aromatic rings. The third-order valence-corrected chi connectivity index (χ3v) is 3.12. The van der Waals surface area contributed by atoms with E-state index in [0.29, 0.717) is 22.9 Å². The summed E-state index contributed by atoms with van der Waals surface area (Å²) in [7, 11) is 1.53. The Kier molecular flexibility index (Phi) is 5.22. The van der Waals surface area contributed by atoms with E-state index in [1.807, 2.05) is 0 Å². The monoisotopic (exact) mass is 313 g/mol. The van der Waals surface area contributed by atoms with Gasteiger partial charge in [0, 0.05) is 17.8 Å². The molecule has 0 unspecified atom stereocenters. The molecule has 0 aliphatic rings. The van der Waals surface area contributed by atoms with Crippen molar-refractivity contribution in [3.05, 3.63) is 53.1 Å². The van der Waals surface area contributed by atoms with E-state index in [2.05, 4.69) is 10.1 Å². The zero-order chi connectivity index (χ0) is 15.2. The number of para-hydroxylation sites is 1. The number of nitrogens with one attached hydrogen (secondary N) is 1. The lowest BCUT2D eigenvalue weighted by Crippen LogP contribution is -2.07. The lowest BCUT2D eigenvalue weighted by Gasteiger charge is -2.12. The van der Waals surface area contributed by atoms with Crippen molar-refractivity contribution in [3.63, 3.8) is 0 Å². The number of hydrogen-bond acceptors (Lipinski definition) is 3. The van der Waals surface area contributed by atoms with Gasteiger partial charge in [-0.25, -0.2) is 0 Å². The normalized spacial score (nSPS) is 10.5. The Morgan fingerprint density at radius 3 is 2.57 bits per heavy atom. The molecular formula is C15H14ClF2NO2. The largest absolute Gasteiger partial charge is 0.495 e. The second kappa shape index (κ2) is 7.13. The number of alkyl halides is 2. The number of halogens is 3. The summed E-state index contributed by atoms with van der Waals surface area (Å²) in [5.74, 6) is 0.725. The van der Waals surface area contributed by atoms with Crippen molar-refractivity contribution in [1.29, 1.82) is 0 Å². The molecule has 0 heterocycles. The van der Waals surface area contributed by atoms with Gasteiger partial charge in [0.05, 0.1) is 12.1 Å². The van der Waals surface area contributed by atoms with Crippen molar-refractivity contribution >= 4 is 17.3 Å². The van der Waals surface area contributed by atoms with Crippen molar-refractivity contribution < 1.29 is 18.3 Å². The smallest absolute Gasteiger partial charge is 0.387 e. The first kappa shape index (κ1) is 15.4. The summed E-state index contributed by atoms with van der Waals surface area (Å²) < 4.78 is 34.2. The Morgan fingerprint density at radius 1 is 1.14 bits per heavy atom. The van der Waals surface area contributed by atoms with Crippen LogP contribution in [0.25, 0.3) is 0 Å². The summed E-state index contributed by atoms with van der Waals surface area (Å²) >= 11 is 6.02. The average Bonchev–Trinajstić information content (AvgIpc) is 2.46. The first-order valence-corrected chi connectivity index (χ1v) is 6.58. The second-order valence-electron chi connectivity index (χ2n) is 4.19. The Bertz CT molecular complexity index is 608. The van der Waals surface area contributed by atoms with Crippen LogP contribution in [-0.2, 0) is 6.54 Å². The maximum absolute atomic E-state index is 12.3. The van der Waals surface area contributed by atoms with Gasteiger partial charge >= 0.3 is 6.61 Å². The molecule has 2 rings (SSSR count). The van der Waals surface area contributed by atoms with Crippen molar-refractivity contribution in [3.8, 4) is 11.5 Å². The van der Waals surface area contributed by atoms with Gasteiger partial charge in [0.1, 0.15) is 11.5 Å². The number of methoxy groups -OCH3 is 1. The van der Waals surface area contributed by atoms with Crippen LogP contribution in [0.4, 0.5) is 14.5 Å². The third-order valence-electron chi connectivity index (χ3n) is 2.82. The summed E-state index contributed by atoms with van der Waals surface area (Å²) in [6.07, 6.45) is 0. The van der Waals surface area contributed by atoms with Gasteiger partial charge in [0.15, 0.2) is 0 Å². The fourth-order valence-corrected chi connectivity index (χ4v) is 2.09. The van der Waals surface area contributed by atoms with Gasteiger partial charge in [-0.1, -0.05) is 29.8 Å². The molecule has 2 aromatic carbocycles. The number of benzene rings is 2. The number of hydrogen-bond donors (Lipinski definition) is 1. The fourth-order valence-electron chi connectivity index (χ4n) is 1.83. The van der Waals surface area contributed by atoms with Gasteiger partial charge in [-0.2, -0.15) is 8.78 Å². The molecule has 0 spiro atoms. The van der Waals surface area contributed by atoms with E-state index in [1.54, 1.807) is 36.4 Å². The maximum Gasteiger partial charge on any atom is 0.387 e. The topological polar surface area (TPSA) is 30.5 Å². The average molecular weight is 314 g/mol. The summed E-state index contributed by atoms with van der Waals surface area (Å²) in [6.45, 7) is -2.51. The lowest BCUT2D eigenvalue weighted by atomic mass is 10.2. The van der Waals surface area contributed by atoms with Crippen LogP contribution in [0.15, 0.2) is 42.5 Å². The fraction of sp³-hybridized carbons (Fsp3) is 0.200. The van der Waals surface area contributed by atoms with Gasteiger partial charge in [-0.05, 0) is 24.3 Å². The van der Waals surface area contributed by atoms with E-state index in [1.165, 1.54) is 13.2 Å². The first-order valence-electron chi connectivity index (χ1n) is 6.20. The highest BCUT2D eigenvalue weighted by Gasteiger charge is 2.09. The van der Waals surface area contributed by atoms with Crippen LogP contribution in [0, 0.1) is 0 Å². The molecule has 112 valence electrons. The summed E-state index contributed by atoms with van der Waals surface area (Å²) in [4.78, 5) is 0. The molecule has 0 aromatic heterocycles. The van der Waals surface area contributed by atoms with E-state index < -0.39 is 6.61 Å². The molecule has 0 aliphatic carbocycles. The van der Waals surface area contributed by atoms with Crippen LogP contribution in [0.3, 0.4) is 0 Å². The van der Waals surface area contributed by atoms with E-state index in [4.69, 9.17) is 16.3 Å². The quantitative estimate of drug-likeness (QED) is 0.848. The molecule has 0 radical (unpaired) electrons. The predicted molar refractivity (Wildman–Crippen MR) is 78.4 cm³/mol. The molecule has 0 saturated carbocycles. The summed E-state index contributed by atoms with van der Waals surface area (Å²) in [6, 6.07) is 11.9. The molecule has 0 saturated heterocycles. The van der Waals surface area contributed by atoms with Crippen LogP contribution < -0.4 is 14.8 Å². The molecule has 3 nitrogen and oxygen atoms in total. The number of ether oxygens (including phenoxy) is 2. The van der Waals surface area contributed by atoms with Crippen LogP contribution in [-0.4, -0.2) is 13.7 Å². The molecule has 0 aliphatic heterocycles. The van der Waals surface area contributed by atoms with Crippen molar-refractivity contribution in [2.24, 2.45) is 0 Å². The third kappa shape index (κ3) is 4.23. The summed E-state index contributed by atoms with van der Waals surface area (Å²) in [5.41, 5.74) is 1.39. The standard InChI is InChI=1S/C15H14ClF2NO2/c1-20-14-7-6-11(8-12(14)16)19-9-10-4-2-3-5-13(10)21-15(17)18/h2-8,15,19H,9H2,1H3. The van der Waals surface area contributed by atoms with Crippen molar-refractivity contribution in [2.45, 2.75) is 13.2 Å². The molecule has 0 bridgehead atoms. The highest BCUT2D eigenvalue weighted by atomic mass is 35.5. The minimum atomic E-state index is -2.85. The van der Waals surface area contributed by atoms with Crippen LogP contribution in [0.5, 0.6) is 11.5 Å². The highest BCUT2D eigenvalue weighted by molar-refractivity contribution is 6.32. The van der Waals surface area contributed by atoms with Gasteiger partial charge in [-0.15, -0.1) is 0 Å². The lowest BCUT2D eigenvalue weighted by molar-refractivity contribution is -0.0504. The van der Waals surface area contributed by atoms with E-state index in [-0.39, 0.29) is 5.75 Å². The molecule has 21 heavy (non-hydrogen) atoms. The zero-order valence-electron chi connectivity index (χ0n) is 11.3. The zero-order valence-corrected chi connectivity index (χ0v) is 12.0. The van der Waals surface area contributed by atoms with Crippen molar-refractivity contribution in [1.82, 2.24) is 0 Å². The first-order chi connectivity index (χ1) is 10.1. The molecule has 1 N–H and O–H groups in total. The summed E-state index contributed by atoms with van der Waals surface area (Å²) in [5, 5.41) is 3.57. The van der Waals surface area contributed by atoms with Crippen LogP contribution in [0.2, 0.25) is 5.02 Å². The van der Waals surface area contributed by atoms with Crippen LogP contribution >= 0.6 is 11.6 Å². The Hall–Kier alpha value is -2.01. The molecule has 6 heteroatoms. The van der Waals surface area contributed by atoms with Gasteiger partial charge in [-0.3, -0.25) is 0 Å². The van der Waals surface area contributed by atoms with Crippen LogP contribution in [0.1, 0.15) is 5.56 Å². The van der Waals surface area contributed by atoms with E-state index in [0.717, 1.165) is 5.69 Å². The van der Waals surface area contributed by atoms with E-state index in [9.17, 15) is 8.78 Å². The van der Waals surface area contributed by atoms with Gasteiger partial charge in [0.25, 0.3) is 0 Å². The molecule has 0 amide bonds. The Balaban J connectivity index is 2.08. The minimum absolute atomic E-state index is 0.152. The van der Waals surface area contributed by atoms with Gasteiger partial charge in [0.2, 0.25) is 0 Å². The minimum Gasteiger partial charge on any atom is -0.495 e. The van der Waals surface area contributed by atoms with Crippen molar-refractivity contribution in [2.75, 3.05) is 12.4 Å². The maximum atomic E-state index is 12.3. The number of anilines is 1. The van der Waals surface area contributed by atoms with Gasteiger partial charge < -0.3 is 14.8 Å². The Morgan fingerprint density at radius 2 is 1.90 bits per heavy atom. The SMILES string of the molecule is COc1ccc(NCc2ccccc2OC(F)F)cc1Cl.